The lowest BCUT2D eigenvalue weighted by Crippen LogP contribution is -2.39. The molecular formula is C15H22N2O2S2. The molecule has 1 aliphatic rings. The van der Waals surface area contributed by atoms with E-state index in [2.05, 4.69) is 13.8 Å². The normalized spacial score (nSPS) is 16.7. The molecule has 0 radical (unpaired) electrons. The molecule has 1 aliphatic carbocycles. The first kappa shape index (κ1) is 16.5. The number of hydrogen-bond acceptors (Lipinski definition) is 4. The zero-order valence-corrected chi connectivity index (χ0v) is 14.2. The summed E-state index contributed by atoms with van der Waals surface area (Å²) in [5, 5.41) is 8.89. The smallest absolute Gasteiger partial charge is 0.206 e. The van der Waals surface area contributed by atoms with Crippen LogP contribution < -0.4 is 0 Å². The van der Waals surface area contributed by atoms with Crippen LogP contribution in [0.15, 0.2) is 16.3 Å². The molecule has 0 amide bonds. The van der Waals surface area contributed by atoms with Crippen molar-refractivity contribution in [2.75, 3.05) is 6.54 Å². The lowest BCUT2D eigenvalue weighted by Gasteiger charge is -2.28. The van der Waals surface area contributed by atoms with Gasteiger partial charge in [-0.25, -0.2) is 8.42 Å². The van der Waals surface area contributed by atoms with Crippen LogP contribution in [0.5, 0.6) is 0 Å². The van der Waals surface area contributed by atoms with Gasteiger partial charge in [0.2, 0.25) is 0 Å². The molecule has 1 aromatic heterocycles. The van der Waals surface area contributed by atoms with Crippen LogP contribution in [0.1, 0.15) is 50.8 Å². The van der Waals surface area contributed by atoms with Gasteiger partial charge in [0.05, 0.1) is 0 Å². The van der Waals surface area contributed by atoms with Crippen LogP contribution in [-0.4, -0.2) is 25.3 Å². The minimum atomic E-state index is -3.47. The molecule has 1 aromatic rings. The highest BCUT2D eigenvalue weighted by Gasteiger charge is 2.33. The van der Waals surface area contributed by atoms with Gasteiger partial charge in [-0.3, -0.25) is 0 Å². The number of nitriles is 1. The average Bonchev–Trinajstić information content (AvgIpc) is 3.09. The van der Waals surface area contributed by atoms with Crippen LogP contribution in [-0.2, 0) is 10.0 Å². The zero-order valence-electron chi connectivity index (χ0n) is 12.6. The summed E-state index contributed by atoms with van der Waals surface area (Å²) in [7, 11) is -3.47. The van der Waals surface area contributed by atoms with Crippen LogP contribution in [0, 0.1) is 17.2 Å². The fourth-order valence-electron chi connectivity index (χ4n) is 2.71. The maximum Gasteiger partial charge on any atom is 0.252 e. The second kappa shape index (κ2) is 6.91. The highest BCUT2D eigenvalue weighted by atomic mass is 32.2. The maximum absolute atomic E-state index is 12.9. The van der Waals surface area contributed by atoms with Gasteiger partial charge in [-0.15, -0.1) is 11.3 Å². The van der Waals surface area contributed by atoms with Crippen LogP contribution in [0.4, 0.5) is 0 Å². The van der Waals surface area contributed by atoms with Crippen molar-refractivity contribution < 1.29 is 8.42 Å². The summed E-state index contributed by atoms with van der Waals surface area (Å²) < 4.78 is 27.8. The minimum absolute atomic E-state index is 0.126. The molecule has 21 heavy (non-hydrogen) atoms. The summed E-state index contributed by atoms with van der Waals surface area (Å²) in [6.07, 6.45) is 4.98. The Morgan fingerprint density at radius 3 is 2.57 bits per heavy atom. The van der Waals surface area contributed by atoms with E-state index in [0.29, 0.717) is 21.5 Å². The van der Waals surface area contributed by atoms with Crippen LogP contribution in [0.3, 0.4) is 0 Å². The second-order valence-corrected chi connectivity index (χ2v) is 9.17. The first-order chi connectivity index (χ1) is 9.95. The summed E-state index contributed by atoms with van der Waals surface area (Å²) in [6.45, 7) is 4.79. The largest absolute Gasteiger partial charge is 0.252 e. The molecular weight excluding hydrogens is 304 g/mol. The minimum Gasteiger partial charge on any atom is -0.206 e. The Balaban J connectivity index is 2.27. The molecule has 1 heterocycles. The summed E-state index contributed by atoms with van der Waals surface area (Å²) in [5.41, 5.74) is 0. The van der Waals surface area contributed by atoms with E-state index in [1.54, 1.807) is 16.4 Å². The molecule has 116 valence electrons. The molecule has 1 saturated carbocycles. The number of thiophene rings is 1. The molecule has 0 spiro atoms. The molecule has 0 unspecified atom stereocenters. The Kier molecular flexibility index (Phi) is 5.42. The first-order valence-corrected chi connectivity index (χ1v) is 9.72. The quantitative estimate of drug-likeness (QED) is 0.802. The molecule has 0 saturated heterocycles. The molecule has 6 heteroatoms. The van der Waals surface area contributed by atoms with Crippen molar-refractivity contribution in [2.45, 2.75) is 56.2 Å². The van der Waals surface area contributed by atoms with E-state index in [1.165, 1.54) is 0 Å². The van der Waals surface area contributed by atoms with Gasteiger partial charge in [0.25, 0.3) is 10.0 Å². The number of hydrogen-bond donors (Lipinski definition) is 0. The fraction of sp³-hybridized carbons (Fsp3) is 0.667. The van der Waals surface area contributed by atoms with Crippen molar-refractivity contribution in [1.82, 2.24) is 4.31 Å². The van der Waals surface area contributed by atoms with Gasteiger partial charge in [-0.2, -0.15) is 9.57 Å². The molecule has 0 aromatic carbocycles. The topological polar surface area (TPSA) is 61.2 Å². The second-order valence-electron chi connectivity index (χ2n) is 5.97. The van der Waals surface area contributed by atoms with E-state index in [-0.39, 0.29) is 6.04 Å². The van der Waals surface area contributed by atoms with Gasteiger partial charge in [0.15, 0.2) is 0 Å². The molecule has 2 rings (SSSR count). The standard InChI is InChI=1S/C15H22N2O2S2/c1-12(2)9-10-17(13-5-3-4-6-13)21(18,19)15-8-7-14(11-16)20-15/h7-8,12-13H,3-6,9-10H2,1-2H3. The Morgan fingerprint density at radius 2 is 2.05 bits per heavy atom. The van der Waals surface area contributed by atoms with Gasteiger partial charge in [0, 0.05) is 12.6 Å². The van der Waals surface area contributed by atoms with Crippen molar-refractivity contribution >= 4 is 21.4 Å². The Bertz CT molecular complexity index is 608. The highest BCUT2D eigenvalue weighted by Crippen LogP contribution is 2.32. The third-order valence-electron chi connectivity index (χ3n) is 3.91. The van der Waals surface area contributed by atoms with E-state index in [0.717, 1.165) is 43.4 Å². The molecule has 0 N–H and O–H groups in total. The number of sulfonamides is 1. The molecule has 0 atom stereocenters. The summed E-state index contributed by atoms with van der Waals surface area (Å²) in [6, 6.07) is 5.30. The Labute approximate surface area is 131 Å². The molecule has 0 aliphatic heterocycles. The lowest BCUT2D eigenvalue weighted by atomic mass is 10.1. The van der Waals surface area contributed by atoms with E-state index in [9.17, 15) is 8.42 Å². The van der Waals surface area contributed by atoms with Gasteiger partial charge in [0.1, 0.15) is 15.2 Å². The maximum atomic E-state index is 12.9. The monoisotopic (exact) mass is 326 g/mol. The van der Waals surface area contributed by atoms with Crippen molar-refractivity contribution in [2.24, 2.45) is 5.92 Å². The van der Waals surface area contributed by atoms with Gasteiger partial charge >= 0.3 is 0 Å². The van der Waals surface area contributed by atoms with E-state index in [1.807, 2.05) is 6.07 Å². The fourth-order valence-corrected chi connectivity index (χ4v) is 5.64. The predicted octanol–water partition coefficient (Wildman–Crippen LogP) is 3.60. The predicted molar refractivity (Wildman–Crippen MR) is 84.6 cm³/mol. The lowest BCUT2D eigenvalue weighted by molar-refractivity contribution is 0.305. The average molecular weight is 326 g/mol. The van der Waals surface area contributed by atoms with Crippen molar-refractivity contribution in [3.05, 3.63) is 17.0 Å². The third-order valence-corrected chi connectivity index (χ3v) is 7.32. The third kappa shape index (κ3) is 3.85. The highest BCUT2D eigenvalue weighted by molar-refractivity contribution is 7.91. The summed E-state index contributed by atoms with van der Waals surface area (Å²) >= 11 is 1.07. The Morgan fingerprint density at radius 1 is 1.38 bits per heavy atom. The van der Waals surface area contributed by atoms with Gasteiger partial charge in [-0.05, 0) is 37.3 Å². The van der Waals surface area contributed by atoms with E-state index < -0.39 is 10.0 Å². The van der Waals surface area contributed by atoms with Gasteiger partial charge < -0.3 is 0 Å². The first-order valence-electron chi connectivity index (χ1n) is 7.47. The number of rotatable bonds is 6. The Hall–Kier alpha value is -0.900. The SMILES string of the molecule is CC(C)CCN(C1CCCC1)S(=O)(=O)c1ccc(C#N)s1. The van der Waals surface area contributed by atoms with Gasteiger partial charge in [-0.1, -0.05) is 26.7 Å². The van der Waals surface area contributed by atoms with Crippen LogP contribution >= 0.6 is 11.3 Å². The molecule has 0 bridgehead atoms. The van der Waals surface area contributed by atoms with Crippen LogP contribution in [0.25, 0.3) is 0 Å². The van der Waals surface area contributed by atoms with Crippen molar-refractivity contribution in [1.29, 1.82) is 5.26 Å². The zero-order chi connectivity index (χ0) is 15.5. The summed E-state index contributed by atoms with van der Waals surface area (Å²) in [4.78, 5) is 0.448. The van der Waals surface area contributed by atoms with Crippen LogP contribution in [0.2, 0.25) is 0 Å². The van der Waals surface area contributed by atoms with Crippen molar-refractivity contribution in [3.63, 3.8) is 0 Å². The molecule has 4 nitrogen and oxygen atoms in total. The van der Waals surface area contributed by atoms with E-state index >= 15 is 0 Å². The summed E-state index contributed by atoms with van der Waals surface area (Å²) in [5.74, 6) is 0.474. The number of nitrogens with zero attached hydrogens (tertiary/aromatic N) is 2. The van der Waals surface area contributed by atoms with Crippen molar-refractivity contribution in [3.8, 4) is 6.07 Å². The van der Waals surface area contributed by atoms with E-state index in [4.69, 9.17) is 5.26 Å². The molecule has 1 fully saturated rings.